The molecule has 2 aromatic carbocycles. The lowest BCUT2D eigenvalue weighted by Gasteiger charge is -2.37. The van der Waals surface area contributed by atoms with Crippen LogP contribution >= 0.6 is 11.6 Å². The maximum Gasteiger partial charge on any atom is 0.228 e. The number of rotatable bonds is 8. The Morgan fingerprint density at radius 2 is 1.92 bits per heavy atom. The molecule has 1 aliphatic heterocycles. The highest BCUT2D eigenvalue weighted by atomic mass is 35.5. The van der Waals surface area contributed by atoms with E-state index in [0.717, 1.165) is 36.3 Å². The van der Waals surface area contributed by atoms with Gasteiger partial charge in [-0.15, -0.1) is 0 Å². The summed E-state index contributed by atoms with van der Waals surface area (Å²) in [7, 11) is 1.60. The third-order valence-electron chi connectivity index (χ3n) is 7.43. The zero-order chi connectivity index (χ0) is 27.3. The SMILES string of the molecule is COc1ccc(NC(=O)C2C[C@H]2c2ccc(/C(N)=N/c3nc(C4CC4)nc(N4CC(O)C4)c3Cl)c(N)c2)cc1. The van der Waals surface area contributed by atoms with Crippen molar-refractivity contribution in [2.75, 3.05) is 36.1 Å². The fraction of sp³-hybridized carbons (Fsp3) is 0.357. The molecular formula is C28H30ClN7O3. The van der Waals surface area contributed by atoms with Gasteiger partial charge in [0.15, 0.2) is 11.6 Å². The van der Waals surface area contributed by atoms with Crippen LogP contribution in [0.2, 0.25) is 5.02 Å². The van der Waals surface area contributed by atoms with Crippen molar-refractivity contribution in [1.29, 1.82) is 0 Å². The van der Waals surface area contributed by atoms with Gasteiger partial charge in [-0.3, -0.25) is 4.79 Å². The Morgan fingerprint density at radius 3 is 2.56 bits per heavy atom. The number of hydrogen-bond acceptors (Lipinski definition) is 8. The Bertz CT molecular complexity index is 1450. The fourth-order valence-electron chi connectivity index (χ4n) is 4.86. The highest BCUT2D eigenvalue weighted by Gasteiger charge is 2.44. The van der Waals surface area contributed by atoms with E-state index in [1.54, 1.807) is 7.11 Å². The number of carbonyl (C=O) groups excluding carboxylic acids is 1. The summed E-state index contributed by atoms with van der Waals surface area (Å²) >= 11 is 6.64. The highest BCUT2D eigenvalue weighted by molar-refractivity contribution is 6.35. The van der Waals surface area contributed by atoms with Gasteiger partial charge < -0.3 is 31.5 Å². The summed E-state index contributed by atoms with van der Waals surface area (Å²) < 4.78 is 5.16. The maximum absolute atomic E-state index is 12.8. The van der Waals surface area contributed by atoms with E-state index in [9.17, 15) is 9.90 Å². The molecule has 11 heteroatoms. The minimum Gasteiger partial charge on any atom is -0.497 e. The number of nitrogens with zero attached hydrogens (tertiary/aromatic N) is 4. The van der Waals surface area contributed by atoms with Gasteiger partial charge in [0.05, 0.1) is 13.2 Å². The lowest BCUT2D eigenvalue weighted by molar-refractivity contribution is -0.117. The number of nitrogens with one attached hydrogen (secondary N) is 1. The molecule has 0 radical (unpaired) electrons. The number of aliphatic hydroxyl groups is 1. The zero-order valence-electron chi connectivity index (χ0n) is 21.5. The summed E-state index contributed by atoms with van der Waals surface area (Å²) in [6.45, 7) is 0.933. The van der Waals surface area contributed by atoms with E-state index in [4.69, 9.17) is 27.8 Å². The lowest BCUT2D eigenvalue weighted by atomic mass is 10.0. The molecule has 10 nitrogen and oxygen atoms in total. The molecule has 39 heavy (non-hydrogen) atoms. The maximum atomic E-state index is 12.8. The van der Waals surface area contributed by atoms with Crippen LogP contribution in [0.25, 0.3) is 0 Å². The molecule has 6 rings (SSSR count). The van der Waals surface area contributed by atoms with Gasteiger partial charge in [0.2, 0.25) is 5.91 Å². The first kappa shape index (κ1) is 25.4. The number of hydrogen-bond donors (Lipinski definition) is 4. The monoisotopic (exact) mass is 547 g/mol. The van der Waals surface area contributed by atoms with E-state index in [1.165, 1.54) is 0 Å². The van der Waals surface area contributed by atoms with E-state index in [-0.39, 0.29) is 23.6 Å². The van der Waals surface area contributed by atoms with Crippen molar-refractivity contribution in [3.63, 3.8) is 0 Å². The number of aromatic nitrogens is 2. The number of aliphatic hydroxyl groups excluding tert-OH is 1. The number of ether oxygens (including phenoxy) is 1. The molecule has 1 saturated heterocycles. The van der Waals surface area contributed by atoms with Crippen LogP contribution in [0.3, 0.4) is 0 Å². The lowest BCUT2D eigenvalue weighted by Crippen LogP contribution is -2.51. The van der Waals surface area contributed by atoms with Crippen LogP contribution in [0.1, 0.15) is 48.0 Å². The summed E-state index contributed by atoms with van der Waals surface area (Å²) in [6, 6.07) is 12.9. The average Bonchev–Trinajstić information content (AvgIpc) is 3.82. The summed E-state index contributed by atoms with van der Waals surface area (Å²) in [5, 5.41) is 13.0. The van der Waals surface area contributed by atoms with Crippen LogP contribution < -0.4 is 26.4 Å². The van der Waals surface area contributed by atoms with Crippen molar-refractivity contribution >= 4 is 46.4 Å². The largest absolute Gasteiger partial charge is 0.497 e. The van der Waals surface area contributed by atoms with E-state index in [1.807, 2.05) is 47.4 Å². The Labute approximate surface area is 231 Å². The first-order valence-electron chi connectivity index (χ1n) is 13.0. The van der Waals surface area contributed by atoms with Crippen LogP contribution in [0, 0.1) is 5.92 Å². The minimum atomic E-state index is -0.393. The van der Waals surface area contributed by atoms with Crippen molar-refractivity contribution in [2.45, 2.75) is 37.2 Å². The molecule has 1 amide bonds. The Hall–Kier alpha value is -3.89. The molecule has 1 aromatic heterocycles. The van der Waals surface area contributed by atoms with Gasteiger partial charge in [-0.2, -0.15) is 0 Å². The summed E-state index contributed by atoms with van der Waals surface area (Å²) in [5.41, 5.74) is 15.5. The van der Waals surface area contributed by atoms with Gasteiger partial charge in [0.1, 0.15) is 22.4 Å². The van der Waals surface area contributed by atoms with E-state index >= 15 is 0 Å². The second kappa shape index (κ2) is 10.0. The number of amides is 1. The van der Waals surface area contributed by atoms with Crippen LogP contribution in [0.4, 0.5) is 23.0 Å². The Kier molecular flexibility index (Phi) is 6.52. The molecule has 3 fully saturated rings. The van der Waals surface area contributed by atoms with E-state index in [0.29, 0.717) is 52.7 Å². The number of carbonyl (C=O) groups is 1. The predicted octanol–water partition coefficient (Wildman–Crippen LogP) is 3.56. The molecule has 3 aliphatic rings. The third-order valence-corrected chi connectivity index (χ3v) is 7.77. The van der Waals surface area contributed by atoms with Gasteiger partial charge in [0.25, 0.3) is 0 Å². The number of amidine groups is 1. The number of methoxy groups -OCH3 is 1. The molecule has 2 aliphatic carbocycles. The van der Waals surface area contributed by atoms with Gasteiger partial charge in [-0.05, 0) is 67.1 Å². The molecular weight excluding hydrogens is 518 g/mol. The number of benzene rings is 2. The summed E-state index contributed by atoms with van der Waals surface area (Å²) in [6.07, 6.45) is 2.41. The number of aliphatic imine (C=N–C) groups is 1. The van der Waals surface area contributed by atoms with E-state index in [2.05, 4.69) is 20.3 Å². The van der Waals surface area contributed by atoms with Crippen molar-refractivity contribution < 1.29 is 14.6 Å². The van der Waals surface area contributed by atoms with Crippen molar-refractivity contribution in [1.82, 2.24) is 9.97 Å². The van der Waals surface area contributed by atoms with Crippen LogP contribution in [-0.2, 0) is 4.79 Å². The van der Waals surface area contributed by atoms with E-state index < -0.39 is 6.10 Å². The molecule has 2 saturated carbocycles. The average molecular weight is 548 g/mol. The second-order valence-corrected chi connectivity index (χ2v) is 10.8. The standard InChI is InChI=1S/C28H30ClN7O3/c1-39-18-7-5-16(6-8-18)32-28(38)21-11-20(21)15-4-9-19(22(30)10-15)24(31)33-26-23(29)27(36-12-17(37)13-36)35-25(34-26)14-2-3-14/h4-10,14,17,20-21,37H,2-3,11-13,30H2,1H3,(H,32,38)(H2,31,33,34,35)/t20-,21?/m0/s1. The van der Waals surface area contributed by atoms with Gasteiger partial charge in [-0.1, -0.05) is 17.7 Å². The smallest absolute Gasteiger partial charge is 0.228 e. The first-order chi connectivity index (χ1) is 18.8. The van der Waals surface area contributed by atoms with Crippen LogP contribution in [0.5, 0.6) is 5.75 Å². The minimum absolute atomic E-state index is 0.0238. The van der Waals surface area contributed by atoms with Crippen molar-refractivity contribution in [2.24, 2.45) is 16.6 Å². The van der Waals surface area contributed by atoms with Gasteiger partial charge in [0, 0.05) is 41.9 Å². The Morgan fingerprint density at radius 1 is 1.18 bits per heavy atom. The number of anilines is 3. The first-order valence-corrected chi connectivity index (χ1v) is 13.4. The number of nitrogens with two attached hydrogens (primary N) is 2. The van der Waals surface area contributed by atoms with Gasteiger partial charge >= 0.3 is 0 Å². The van der Waals surface area contributed by atoms with Crippen LogP contribution in [0.15, 0.2) is 47.5 Å². The summed E-state index contributed by atoms with van der Waals surface area (Å²) in [4.78, 5) is 28.4. The van der Waals surface area contributed by atoms with Crippen molar-refractivity contribution in [3.05, 3.63) is 64.4 Å². The summed E-state index contributed by atoms with van der Waals surface area (Å²) in [5.74, 6) is 2.72. The fourth-order valence-corrected chi connectivity index (χ4v) is 5.10. The molecule has 2 atom stereocenters. The third kappa shape index (κ3) is 5.22. The number of halogens is 1. The highest BCUT2D eigenvalue weighted by Crippen LogP contribution is 2.48. The number of β-amino-alcohol motifs (C(OH)–C–C–N with tert-alkyl or cyclic N) is 1. The molecule has 1 unspecified atom stereocenters. The zero-order valence-corrected chi connectivity index (χ0v) is 22.2. The van der Waals surface area contributed by atoms with Crippen molar-refractivity contribution in [3.8, 4) is 5.75 Å². The quantitative estimate of drug-likeness (QED) is 0.190. The molecule has 2 heterocycles. The molecule has 6 N–H and O–H groups in total. The topological polar surface area (TPSA) is 152 Å². The van der Waals surface area contributed by atoms with Crippen LogP contribution in [-0.4, -0.2) is 53.1 Å². The second-order valence-electron chi connectivity index (χ2n) is 10.4. The molecule has 3 aromatic rings. The molecule has 0 bridgehead atoms. The predicted molar refractivity (Wildman–Crippen MR) is 151 cm³/mol. The molecule has 202 valence electrons. The normalized spacial score (nSPS) is 20.9. The van der Waals surface area contributed by atoms with Gasteiger partial charge in [-0.25, -0.2) is 15.0 Å². The number of nitrogen functional groups attached to an aromatic ring is 1. The Balaban J connectivity index is 1.18. The molecule has 0 spiro atoms.